The lowest BCUT2D eigenvalue weighted by molar-refractivity contribution is 0.0515. The summed E-state index contributed by atoms with van der Waals surface area (Å²) in [6.45, 7) is 3.31. The lowest BCUT2D eigenvalue weighted by Crippen LogP contribution is -2.46. The number of H-pyrrole nitrogens is 1. The van der Waals surface area contributed by atoms with Crippen LogP contribution in [0.2, 0.25) is 0 Å². The van der Waals surface area contributed by atoms with E-state index in [1.54, 1.807) is 29.2 Å². The minimum Gasteiger partial charge on any atom is -0.487 e. The molecule has 0 bridgehead atoms. The van der Waals surface area contributed by atoms with E-state index in [1.807, 2.05) is 6.92 Å². The van der Waals surface area contributed by atoms with Gasteiger partial charge in [0.05, 0.1) is 31.1 Å². The van der Waals surface area contributed by atoms with Crippen LogP contribution in [-0.2, 0) is 11.3 Å². The molecule has 0 aliphatic carbocycles. The zero-order valence-corrected chi connectivity index (χ0v) is 14.9. The summed E-state index contributed by atoms with van der Waals surface area (Å²) < 4.78 is 21.6. The average Bonchev–Trinajstić information content (AvgIpc) is 3.41. The number of rotatable bonds is 6. The number of carbonyl (C=O) groups is 1. The summed E-state index contributed by atoms with van der Waals surface area (Å²) in [6.07, 6.45) is -0.679. The van der Waals surface area contributed by atoms with Crippen molar-refractivity contribution >= 4 is 5.91 Å². The maximum atomic E-state index is 12.7. The van der Waals surface area contributed by atoms with Crippen LogP contribution in [0.15, 0.2) is 24.3 Å². The van der Waals surface area contributed by atoms with E-state index in [2.05, 4.69) is 10.2 Å². The smallest absolute Gasteiger partial charge is 0.274 e. The predicted molar refractivity (Wildman–Crippen MR) is 92.8 cm³/mol. The summed E-state index contributed by atoms with van der Waals surface area (Å²) in [5.74, 6) is 1.71. The van der Waals surface area contributed by atoms with Gasteiger partial charge in [-0.1, -0.05) is 0 Å². The van der Waals surface area contributed by atoms with E-state index in [-0.39, 0.29) is 37.6 Å². The minimum atomic E-state index is -0.679. The zero-order chi connectivity index (χ0) is 18.8. The fraction of sp³-hybridized carbons (Fsp3) is 0.444. The van der Waals surface area contributed by atoms with E-state index in [0.29, 0.717) is 36.1 Å². The Kier molecular flexibility index (Phi) is 4.87. The number of hydrogen-bond acceptors (Lipinski definition) is 7. The van der Waals surface area contributed by atoms with Crippen molar-refractivity contribution in [3.8, 4) is 17.2 Å². The molecule has 0 spiro atoms. The number of carbonyl (C=O) groups excluding carboxylic acids is 1. The molecule has 0 radical (unpaired) electrons. The largest absolute Gasteiger partial charge is 0.487 e. The van der Waals surface area contributed by atoms with Crippen molar-refractivity contribution in [3.05, 3.63) is 35.7 Å². The van der Waals surface area contributed by atoms with E-state index >= 15 is 0 Å². The highest BCUT2D eigenvalue weighted by Crippen LogP contribution is 2.35. The van der Waals surface area contributed by atoms with Gasteiger partial charge in [-0.15, -0.1) is 0 Å². The molecule has 9 nitrogen and oxygen atoms in total. The van der Waals surface area contributed by atoms with Crippen molar-refractivity contribution in [1.29, 1.82) is 0 Å². The predicted octanol–water partition coefficient (Wildman–Crippen LogP) is 0.939. The van der Waals surface area contributed by atoms with Gasteiger partial charge in [-0.25, -0.2) is 0 Å². The Bertz CT molecular complexity index is 823. The first-order chi connectivity index (χ1) is 13.2. The topological polar surface area (TPSA) is 106 Å². The van der Waals surface area contributed by atoms with Gasteiger partial charge in [-0.2, -0.15) is 5.10 Å². The van der Waals surface area contributed by atoms with Crippen molar-refractivity contribution in [3.63, 3.8) is 0 Å². The van der Waals surface area contributed by atoms with Gasteiger partial charge in [0.25, 0.3) is 5.91 Å². The first-order valence-corrected chi connectivity index (χ1v) is 8.79. The van der Waals surface area contributed by atoms with Crippen molar-refractivity contribution in [2.75, 3.05) is 26.6 Å². The van der Waals surface area contributed by atoms with Crippen LogP contribution in [0.4, 0.5) is 0 Å². The SMILES string of the molecule is CCN(C(=O)c1cc(COc2ccc3c(c2)OCO3)[nH]n1)[C@@H]1COC[C@H]1O. The summed E-state index contributed by atoms with van der Waals surface area (Å²) in [5, 5.41) is 16.9. The molecule has 144 valence electrons. The second-order valence-electron chi connectivity index (χ2n) is 6.35. The molecular weight excluding hydrogens is 354 g/mol. The van der Waals surface area contributed by atoms with E-state index < -0.39 is 6.10 Å². The zero-order valence-electron chi connectivity index (χ0n) is 14.9. The Morgan fingerprint density at radius 2 is 2.19 bits per heavy atom. The Labute approximate surface area is 155 Å². The van der Waals surface area contributed by atoms with Crippen LogP contribution in [0.1, 0.15) is 23.1 Å². The highest BCUT2D eigenvalue weighted by Gasteiger charge is 2.34. The average molecular weight is 375 g/mol. The Morgan fingerprint density at radius 3 is 2.96 bits per heavy atom. The van der Waals surface area contributed by atoms with Gasteiger partial charge in [0.15, 0.2) is 17.2 Å². The lowest BCUT2D eigenvalue weighted by Gasteiger charge is -2.27. The first kappa shape index (κ1) is 17.6. The highest BCUT2D eigenvalue weighted by atomic mass is 16.7. The van der Waals surface area contributed by atoms with E-state index in [9.17, 15) is 9.90 Å². The number of nitrogens with one attached hydrogen (secondary N) is 1. The number of aromatic amines is 1. The van der Waals surface area contributed by atoms with Crippen molar-refractivity contribution in [2.24, 2.45) is 0 Å². The van der Waals surface area contributed by atoms with Crippen LogP contribution in [0.5, 0.6) is 17.2 Å². The monoisotopic (exact) mass is 375 g/mol. The number of benzene rings is 1. The van der Waals surface area contributed by atoms with Gasteiger partial charge in [0, 0.05) is 12.6 Å². The lowest BCUT2D eigenvalue weighted by atomic mass is 10.1. The van der Waals surface area contributed by atoms with E-state index in [4.69, 9.17) is 18.9 Å². The third kappa shape index (κ3) is 3.56. The van der Waals surface area contributed by atoms with Crippen LogP contribution in [0.3, 0.4) is 0 Å². The van der Waals surface area contributed by atoms with Crippen LogP contribution in [0, 0.1) is 0 Å². The van der Waals surface area contributed by atoms with Crippen molar-refractivity contribution in [2.45, 2.75) is 25.7 Å². The summed E-state index contributed by atoms with van der Waals surface area (Å²) in [7, 11) is 0. The van der Waals surface area contributed by atoms with Crippen LogP contribution in [0.25, 0.3) is 0 Å². The fourth-order valence-corrected chi connectivity index (χ4v) is 3.18. The number of aliphatic hydroxyl groups is 1. The number of likely N-dealkylation sites (N-methyl/N-ethyl adjacent to an activating group) is 1. The van der Waals surface area contributed by atoms with Gasteiger partial charge >= 0.3 is 0 Å². The minimum absolute atomic E-state index is 0.208. The number of hydrogen-bond donors (Lipinski definition) is 2. The third-order valence-corrected chi connectivity index (χ3v) is 4.61. The second-order valence-corrected chi connectivity index (χ2v) is 6.35. The number of aromatic nitrogens is 2. The Balaban J connectivity index is 1.39. The normalized spacial score (nSPS) is 20.7. The van der Waals surface area contributed by atoms with Crippen LogP contribution >= 0.6 is 0 Å². The van der Waals surface area contributed by atoms with E-state index in [0.717, 1.165) is 0 Å². The van der Waals surface area contributed by atoms with Gasteiger partial charge in [-0.3, -0.25) is 9.89 Å². The van der Waals surface area contributed by atoms with Crippen LogP contribution < -0.4 is 14.2 Å². The molecule has 1 saturated heterocycles. The maximum absolute atomic E-state index is 12.7. The second kappa shape index (κ2) is 7.45. The fourth-order valence-electron chi connectivity index (χ4n) is 3.18. The molecule has 1 fully saturated rings. The number of ether oxygens (including phenoxy) is 4. The highest BCUT2D eigenvalue weighted by molar-refractivity contribution is 5.92. The molecule has 3 heterocycles. The number of nitrogens with zero attached hydrogens (tertiary/aromatic N) is 2. The summed E-state index contributed by atoms with van der Waals surface area (Å²) >= 11 is 0. The summed E-state index contributed by atoms with van der Waals surface area (Å²) in [6, 6.07) is 6.63. The number of aliphatic hydroxyl groups excluding tert-OH is 1. The molecular formula is C18H21N3O6. The quantitative estimate of drug-likeness (QED) is 0.774. The van der Waals surface area contributed by atoms with Gasteiger partial charge in [0.2, 0.25) is 6.79 Å². The molecule has 1 amide bonds. The van der Waals surface area contributed by atoms with Crippen LogP contribution in [-0.4, -0.2) is 64.8 Å². The number of amides is 1. The Hall–Kier alpha value is -2.78. The first-order valence-electron chi connectivity index (χ1n) is 8.79. The van der Waals surface area contributed by atoms with Crippen molar-refractivity contribution in [1.82, 2.24) is 15.1 Å². The molecule has 27 heavy (non-hydrogen) atoms. The van der Waals surface area contributed by atoms with Gasteiger partial charge in [0.1, 0.15) is 12.4 Å². The molecule has 0 unspecified atom stereocenters. The van der Waals surface area contributed by atoms with Crippen molar-refractivity contribution < 1.29 is 28.8 Å². The van der Waals surface area contributed by atoms with Gasteiger partial charge < -0.3 is 29.0 Å². The molecule has 2 aromatic rings. The summed E-state index contributed by atoms with van der Waals surface area (Å²) in [4.78, 5) is 14.3. The molecule has 9 heteroatoms. The molecule has 1 aromatic carbocycles. The molecule has 2 aliphatic rings. The summed E-state index contributed by atoms with van der Waals surface area (Å²) in [5.41, 5.74) is 0.940. The molecule has 0 saturated carbocycles. The molecule has 4 rings (SSSR count). The number of fused-ring (bicyclic) bond motifs is 1. The molecule has 2 atom stereocenters. The standard InChI is InChI=1S/C18H21N3O6/c1-2-21(14-8-24-9-15(14)22)18(23)13-5-11(19-20-13)7-25-12-3-4-16-17(6-12)27-10-26-16/h3-6,14-15,22H,2,7-10H2,1H3,(H,19,20)/t14-,15-/m1/s1. The third-order valence-electron chi connectivity index (χ3n) is 4.61. The molecule has 2 N–H and O–H groups in total. The molecule has 1 aromatic heterocycles. The van der Waals surface area contributed by atoms with E-state index in [1.165, 1.54) is 0 Å². The maximum Gasteiger partial charge on any atom is 0.274 e. The molecule has 2 aliphatic heterocycles. The van der Waals surface area contributed by atoms with Gasteiger partial charge in [-0.05, 0) is 25.1 Å². The Morgan fingerprint density at radius 1 is 1.33 bits per heavy atom.